The average Bonchev–Trinajstić information content (AvgIpc) is 2.90. The second kappa shape index (κ2) is 5.84. The van der Waals surface area contributed by atoms with E-state index in [4.69, 9.17) is 0 Å². The Bertz CT molecular complexity index is 554. The molecule has 2 rings (SSSR count). The molecule has 0 aromatic carbocycles. The molecule has 19 heavy (non-hydrogen) atoms. The van der Waals surface area contributed by atoms with Gasteiger partial charge in [-0.05, 0) is 30.5 Å². The average molecular weight is 276 g/mol. The smallest absolute Gasteiger partial charge is 0.339 e. The third-order valence-corrected chi connectivity index (χ3v) is 3.99. The van der Waals surface area contributed by atoms with Crippen molar-refractivity contribution in [2.45, 2.75) is 19.4 Å². The van der Waals surface area contributed by atoms with Crippen LogP contribution in [0.25, 0.3) is 0 Å². The van der Waals surface area contributed by atoms with Gasteiger partial charge < -0.3 is 10.0 Å². The van der Waals surface area contributed by atoms with Gasteiger partial charge >= 0.3 is 5.97 Å². The van der Waals surface area contributed by atoms with Crippen molar-refractivity contribution >= 4 is 23.1 Å². The molecule has 1 N–H and O–H groups in total. The molecule has 0 radical (unpaired) electrons. The zero-order valence-electron chi connectivity index (χ0n) is 10.9. The number of nitrogens with zero attached hydrogens (tertiary/aromatic N) is 2. The van der Waals surface area contributed by atoms with E-state index in [9.17, 15) is 9.90 Å². The minimum atomic E-state index is -0.946. The monoisotopic (exact) mass is 276 g/mol. The number of hydrogen-bond acceptors (Lipinski definition) is 4. The molecule has 0 fully saturated rings. The summed E-state index contributed by atoms with van der Waals surface area (Å²) in [6.07, 6.45) is 2.50. The number of carboxylic acid groups (broad SMARTS) is 1. The molecule has 4 nitrogen and oxygen atoms in total. The number of carbonyl (C=O) groups is 1. The lowest BCUT2D eigenvalue weighted by molar-refractivity contribution is 0.0697. The van der Waals surface area contributed by atoms with Gasteiger partial charge in [0.15, 0.2) is 0 Å². The number of rotatable bonds is 5. The highest BCUT2D eigenvalue weighted by Crippen LogP contribution is 2.21. The zero-order valence-corrected chi connectivity index (χ0v) is 11.7. The summed E-state index contributed by atoms with van der Waals surface area (Å²) in [6.45, 7) is 2.07. The summed E-state index contributed by atoms with van der Waals surface area (Å²) in [5.74, 6) is -0.433. The third kappa shape index (κ3) is 3.12. The van der Waals surface area contributed by atoms with Gasteiger partial charge in [-0.25, -0.2) is 9.78 Å². The lowest BCUT2D eigenvalue weighted by Crippen LogP contribution is -2.32. The number of thiophene rings is 1. The number of hydrogen-bond donors (Lipinski definition) is 1. The third-order valence-electron chi connectivity index (χ3n) is 3.09. The van der Waals surface area contributed by atoms with Gasteiger partial charge in [0, 0.05) is 30.6 Å². The van der Waals surface area contributed by atoms with Crippen LogP contribution >= 0.6 is 11.3 Å². The first-order valence-corrected chi connectivity index (χ1v) is 6.91. The number of likely N-dealkylation sites (N-methyl/N-ethyl adjacent to an activating group) is 1. The van der Waals surface area contributed by atoms with Gasteiger partial charge in [-0.2, -0.15) is 0 Å². The van der Waals surface area contributed by atoms with Crippen LogP contribution in [0.5, 0.6) is 0 Å². The first kappa shape index (κ1) is 13.5. The van der Waals surface area contributed by atoms with Crippen LogP contribution in [0.15, 0.2) is 35.8 Å². The van der Waals surface area contributed by atoms with Crippen LogP contribution in [-0.4, -0.2) is 29.1 Å². The van der Waals surface area contributed by atoms with Crippen LogP contribution < -0.4 is 4.90 Å². The van der Waals surface area contributed by atoms with E-state index in [1.807, 2.05) is 23.4 Å². The molecule has 0 aliphatic heterocycles. The fourth-order valence-electron chi connectivity index (χ4n) is 1.91. The van der Waals surface area contributed by atoms with Gasteiger partial charge in [0.05, 0.1) is 0 Å². The summed E-state index contributed by atoms with van der Waals surface area (Å²) in [7, 11) is 1.88. The van der Waals surface area contributed by atoms with Crippen LogP contribution in [0, 0.1) is 0 Å². The standard InChI is InChI=1S/C14H16N2O2S/c1-10(9-11-5-4-8-19-11)16(2)13-12(14(17)18)6-3-7-15-13/h3-8,10H,9H2,1-2H3,(H,17,18). The number of aromatic nitrogens is 1. The lowest BCUT2D eigenvalue weighted by Gasteiger charge is -2.26. The van der Waals surface area contributed by atoms with Gasteiger partial charge in [0.25, 0.3) is 0 Å². The highest BCUT2D eigenvalue weighted by molar-refractivity contribution is 7.09. The molecule has 1 atom stereocenters. The van der Waals surface area contributed by atoms with E-state index in [1.165, 1.54) is 4.88 Å². The molecule has 2 aromatic heterocycles. The molecule has 0 amide bonds. The minimum Gasteiger partial charge on any atom is -0.478 e. The number of aromatic carboxylic acids is 1. The maximum Gasteiger partial charge on any atom is 0.339 e. The van der Waals surface area contributed by atoms with E-state index < -0.39 is 5.97 Å². The predicted molar refractivity (Wildman–Crippen MR) is 77.1 cm³/mol. The van der Waals surface area contributed by atoms with E-state index in [1.54, 1.807) is 29.7 Å². The Morgan fingerprint density at radius 1 is 1.47 bits per heavy atom. The van der Waals surface area contributed by atoms with E-state index in [0.29, 0.717) is 5.82 Å². The topological polar surface area (TPSA) is 53.4 Å². The van der Waals surface area contributed by atoms with Crippen LogP contribution in [0.4, 0.5) is 5.82 Å². The first-order valence-electron chi connectivity index (χ1n) is 6.03. The molecular formula is C14H16N2O2S. The van der Waals surface area contributed by atoms with E-state index in [2.05, 4.69) is 18.0 Å². The van der Waals surface area contributed by atoms with Crippen LogP contribution in [0.3, 0.4) is 0 Å². The van der Waals surface area contributed by atoms with Crippen molar-refractivity contribution in [2.24, 2.45) is 0 Å². The van der Waals surface area contributed by atoms with Crippen molar-refractivity contribution in [3.05, 3.63) is 46.3 Å². The second-order valence-electron chi connectivity index (χ2n) is 4.42. The Kier molecular flexibility index (Phi) is 4.16. The maximum atomic E-state index is 11.2. The molecule has 2 heterocycles. The Balaban J connectivity index is 2.19. The molecule has 0 spiro atoms. The van der Waals surface area contributed by atoms with Crippen molar-refractivity contribution < 1.29 is 9.90 Å². The Morgan fingerprint density at radius 3 is 2.89 bits per heavy atom. The first-order chi connectivity index (χ1) is 9.09. The van der Waals surface area contributed by atoms with Gasteiger partial charge in [-0.3, -0.25) is 0 Å². The molecule has 0 aliphatic carbocycles. The molecule has 100 valence electrons. The Labute approximate surface area is 116 Å². The molecule has 0 saturated carbocycles. The highest BCUT2D eigenvalue weighted by atomic mass is 32.1. The number of anilines is 1. The molecule has 0 aliphatic rings. The zero-order chi connectivity index (χ0) is 13.8. The Hall–Kier alpha value is -1.88. The largest absolute Gasteiger partial charge is 0.478 e. The molecular weight excluding hydrogens is 260 g/mol. The fraction of sp³-hybridized carbons (Fsp3) is 0.286. The van der Waals surface area contributed by atoms with Crippen molar-refractivity contribution in [3.63, 3.8) is 0 Å². The number of carboxylic acids is 1. The summed E-state index contributed by atoms with van der Waals surface area (Å²) < 4.78 is 0. The summed E-state index contributed by atoms with van der Waals surface area (Å²) in [5, 5.41) is 11.2. The van der Waals surface area contributed by atoms with Gasteiger partial charge in [-0.1, -0.05) is 6.07 Å². The van der Waals surface area contributed by atoms with Crippen molar-refractivity contribution in [2.75, 3.05) is 11.9 Å². The molecule has 0 saturated heterocycles. The lowest BCUT2D eigenvalue weighted by atomic mass is 10.1. The van der Waals surface area contributed by atoms with E-state index in [-0.39, 0.29) is 11.6 Å². The number of pyridine rings is 1. The highest BCUT2D eigenvalue weighted by Gasteiger charge is 2.18. The van der Waals surface area contributed by atoms with Crippen molar-refractivity contribution in [3.8, 4) is 0 Å². The summed E-state index contributed by atoms with van der Waals surface area (Å²) in [5.41, 5.74) is 0.239. The minimum absolute atomic E-state index is 0.187. The van der Waals surface area contributed by atoms with Crippen LogP contribution in [-0.2, 0) is 6.42 Å². The van der Waals surface area contributed by atoms with Crippen LogP contribution in [0.2, 0.25) is 0 Å². The predicted octanol–water partition coefficient (Wildman–Crippen LogP) is 2.91. The fourth-order valence-corrected chi connectivity index (χ4v) is 2.74. The van der Waals surface area contributed by atoms with Gasteiger partial charge in [-0.15, -0.1) is 11.3 Å². The summed E-state index contributed by atoms with van der Waals surface area (Å²) in [4.78, 5) is 18.6. The quantitative estimate of drug-likeness (QED) is 0.912. The molecule has 5 heteroatoms. The van der Waals surface area contributed by atoms with Gasteiger partial charge in [0.1, 0.15) is 11.4 Å². The maximum absolute atomic E-state index is 11.2. The van der Waals surface area contributed by atoms with Gasteiger partial charge in [0.2, 0.25) is 0 Å². The molecule has 1 unspecified atom stereocenters. The second-order valence-corrected chi connectivity index (χ2v) is 5.46. The van der Waals surface area contributed by atoms with Crippen molar-refractivity contribution in [1.29, 1.82) is 0 Å². The van der Waals surface area contributed by atoms with E-state index in [0.717, 1.165) is 6.42 Å². The van der Waals surface area contributed by atoms with E-state index >= 15 is 0 Å². The summed E-state index contributed by atoms with van der Waals surface area (Å²) in [6, 6.07) is 7.53. The molecule has 0 bridgehead atoms. The van der Waals surface area contributed by atoms with Crippen molar-refractivity contribution in [1.82, 2.24) is 4.98 Å². The van der Waals surface area contributed by atoms with Crippen LogP contribution in [0.1, 0.15) is 22.2 Å². The normalized spacial score (nSPS) is 12.1. The Morgan fingerprint density at radius 2 is 2.26 bits per heavy atom. The molecule has 2 aromatic rings. The SMILES string of the molecule is CC(Cc1cccs1)N(C)c1ncccc1C(=O)O. The summed E-state index contributed by atoms with van der Waals surface area (Å²) >= 11 is 1.71.